The van der Waals surface area contributed by atoms with Crippen LogP contribution in [0.1, 0.15) is 49.8 Å². The molecule has 152 valence electrons. The van der Waals surface area contributed by atoms with E-state index >= 15 is 0 Å². The first kappa shape index (κ1) is 18.7. The van der Waals surface area contributed by atoms with Crippen molar-refractivity contribution >= 4 is 23.0 Å². The second kappa shape index (κ2) is 7.17. The molecule has 2 heterocycles. The van der Waals surface area contributed by atoms with Gasteiger partial charge in [0.1, 0.15) is 19.0 Å². The number of halogens is 1. The largest absolute Gasteiger partial charge is 0.486 e. The molecule has 29 heavy (non-hydrogen) atoms. The quantitative estimate of drug-likeness (QED) is 0.653. The topological polar surface area (TPSA) is 33.7 Å². The molecule has 1 atom stereocenters. The Morgan fingerprint density at radius 3 is 2.59 bits per heavy atom. The van der Waals surface area contributed by atoms with Crippen molar-refractivity contribution in [3.05, 3.63) is 53.3 Å². The number of hydrogen-bond acceptors (Lipinski definition) is 3. The summed E-state index contributed by atoms with van der Waals surface area (Å²) in [6, 6.07) is 10.9. The lowest BCUT2D eigenvalue weighted by molar-refractivity contribution is 0.167. The number of nitrogens with zero attached hydrogens (tertiary/aromatic N) is 1. The molecular weight excluding hydrogens is 387 g/mol. The summed E-state index contributed by atoms with van der Waals surface area (Å²) in [6.45, 7) is 4.22. The third kappa shape index (κ3) is 3.23. The molecular formula is C23H25FN2O2S. The minimum Gasteiger partial charge on any atom is -0.486 e. The smallest absolute Gasteiger partial charge is 0.173 e. The van der Waals surface area contributed by atoms with Crippen molar-refractivity contribution in [3.8, 4) is 11.5 Å². The summed E-state index contributed by atoms with van der Waals surface area (Å²) in [5.74, 6) is 1.41. The molecule has 0 aromatic heterocycles. The SMILES string of the molecule is CC1c2cc3c(cc2C2(CCCC2)CN1C(=S)Nc1cccc(F)c1)OCCO3. The zero-order valence-electron chi connectivity index (χ0n) is 16.5. The van der Waals surface area contributed by atoms with E-state index in [-0.39, 0.29) is 17.3 Å². The molecule has 0 amide bonds. The monoisotopic (exact) mass is 412 g/mol. The van der Waals surface area contributed by atoms with E-state index < -0.39 is 0 Å². The minimum atomic E-state index is -0.272. The van der Waals surface area contributed by atoms with Gasteiger partial charge in [0.05, 0.1) is 6.04 Å². The van der Waals surface area contributed by atoms with Gasteiger partial charge in [-0.3, -0.25) is 0 Å². The summed E-state index contributed by atoms with van der Waals surface area (Å²) in [6.07, 6.45) is 4.73. The molecule has 1 spiro atoms. The van der Waals surface area contributed by atoms with Crippen LogP contribution in [0.2, 0.25) is 0 Å². The van der Waals surface area contributed by atoms with Gasteiger partial charge in [0.25, 0.3) is 0 Å². The molecule has 1 saturated carbocycles. The van der Waals surface area contributed by atoms with Crippen molar-refractivity contribution in [2.24, 2.45) is 0 Å². The van der Waals surface area contributed by atoms with E-state index in [0.29, 0.717) is 24.0 Å². The molecule has 0 bridgehead atoms. The van der Waals surface area contributed by atoms with Crippen LogP contribution in [0.4, 0.5) is 10.1 Å². The van der Waals surface area contributed by atoms with Crippen molar-refractivity contribution in [2.45, 2.75) is 44.1 Å². The normalized spacial score (nSPS) is 21.7. The van der Waals surface area contributed by atoms with Gasteiger partial charge in [-0.25, -0.2) is 4.39 Å². The predicted octanol–water partition coefficient (Wildman–Crippen LogP) is 5.18. The number of rotatable bonds is 1. The molecule has 6 heteroatoms. The van der Waals surface area contributed by atoms with Gasteiger partial charge in [-0.05, 0) is 73.4 Å². The lowest BCUT2D eigenvalue weighted by atomic mass is 9.71. The summed E-state index contributed by atoms with van der Waals surface area (Å²) >= 11 is 5.78. The Morgan fingerprint density at radius 2 is 1.86 bits per heavy atom. The number of hydrogen-bond donors (Lipinski definition) is 1. The predicted molar refractivity (Wildman–Crippen MR) is 115 cm³/mol. The fraction of sp³-hybridized carbons (Fsp3) is 0.435. The Labute approximate surface area is 176 Å². The van der Waals surface area contributed by atoms with Crippen molar-refractivity contribution in [3.63, 3.8) is 0 Å². The first-order valence-electron chi connectivity index (χ1n) is 10.3. The van der Waals surface area contributed by atoms with Crippen LogP contribution in [0.25, 0.3) is 0 Å². The lowest BCUT2D eigenvalue weighted by Crippen LogP contribution is -2.50. The Bertz CT molecular complexity index is 958. The van der Waals surface area contributed by atoms with E-state index in [4.69, 9.17) is 21.7 Å². The van der Waals surface area contributed by atoms with Gasteiger partial charge in [-0.1, -0.05) is 18.9 Å². The summed E-state index contributed by atoms with van der Waals surface area (Å²) in [5, 5.41) is 3.88. The van der Waals surface area contributed by atoms with Gasteiger partial charge < -0.3 is 19.7 Å². The van der Waals surface area contributed by atoms with E-state index in [9.17, 15) is 4.39 Å². The van der Waals surface area contributed by atoms with Crippen molar-refractivity contribution < 1.29 is 13.9 Å². The molecule has 2 aromatic carbocycles. The standard InChI is InChI=1S/C23H25FN2O2S/c1-15-18-12-20-21(28-10-9-27-20)13-19(18)23(7-2-3-8-23)14-26(15)22(29)25-17-6-4-5-16(24)11-17/h4-6,11-13,15H,2-3,7-10,14H2,1H3,(H,25,29). The Hall–Kier alpha value is -2.34. The van der Waals surface area contributed by atoms with Crippen LogP contribution in [0.3, 0.4) is 0 Å². The maximum absolute atomic E-state index is 13.6. The number of thiocarbonyl (C=S) groups is 1. The second-order valence-corrected chi connectivity index (χ2v) is 8.70. The van der Waals surface area contributed by atoms with Crippen LogP contribution in [-0.4, -0.2) is 29.8 Å². The first-order valence-corrected chi connectivity index (χ1v) is 10.7. The zero-order chi connectivity index (χ0) is 20.0. The van der Waals surface area contributed by atoms with Crippen LogP contribution in [0, 0.1) is 5.82 Å². The van der Waals surface area contributed by atoms with Gasteiger partial charge in [0, 0.05) is 17.6 Å². The van der Waals surface area contributed by atoms with Crippen LogP contribution in [0.15, 0.2) is 36.4 Å². The van der Waals surface area contributed by atoms with Crippen LogP contribution >= 0.6 is 12.2 Å². The van der Waals surface area contributed by atoms with Crippen LogP contribution in [0.5, 0.6) is 11.5 Å². The average Bonchev–Trinajstić information content (AvgIpc) is 3.19. The van der Waals surface area contributed by atoms with Crippen molar-refractivity contribution in [1.82, 2.24) is 4.90 Å². The Morgan fingerprint density at radius 1 is 1.14 bits per heavy atom. The lowest BCUT2D eigenvalue weighted by Gasteiger charge is -2.47. The molecule has 0 saturated heterocycles. The highest BCUT2D eigenvalue weighted by molar-refractivity contribution is 7.80. The molecule has 1 fully saturated rings. The molecule has 1 unspecified atom stereocenters. The van der Waals surface area contributed by atoms with E-state index in [1.165, 1.54) is 36.1 Å². The zero-order valence-corrected chi connectivity index (χ0v) is 17.4. The van der Waals surface area contributed by atoms with Gasteiger partial charge >= 0.3 is 0 Å². The van der Waals surface area contributed by atoms with Gasteiger partial charge in [-0.2, -0.15) is 0 Å². The fourth-order valence-corrected chi connectivity index (χ4v) is 5.45. The summed E-state index contributed by atoms with van der Waals surface area (Å²) in [5.41, 5.74) is 3.39. The number of fused-ring (bicyclic) bond motifs is 3. The Balaban J connectivity index is 1.52. The van der Waals surface area contributed by atoms with Crippen LogP contribution in [-0.2, 0) is 5.41 Å². The summed E-state index contributed by atoms with van der Waals surface area (Å²) < 4.78 is 25.4. The molecule has 0 radical (unpaired) electrons. The highest BCUT2D eigenvalue weighted by atomic mass is 32.1. The second-order valence-electron chi connectivity index (χ2n) is 8.31. The number of ether oxygens (including phenoxy) is 2. The van der Waals surface area contributed by atoms with E-state index in [2.05, 4.69) is 29.3 Å². The first-order chi connectivity index (χ1) is 14.1. The minimum absolute atomic E-state index is 0.0748. The summed E-state index contributed by atoms with van der Waals surface area (Å²) in [4.78, 5) is 2.25. The van der Waals surface area contributed by atoms with E-state index in [1.807, 2.05) is 6.07 Å². The molecule has 3 aliphatic rings. The molecule has 4 nitrogen and oxygen atoms in total. The molecule has 2 aromatic rings. The number of nitrogens with one attached hydrogen (secondary N) is 1. The van der Waals surface area contributed by atoms with Gasteiger partial charge in [0.2, 0.25) is 0 Å². The van der Waals surface area contributed by atoms with Crippen LogP contribution < -0.4 is 14.8 Å². The molecule has 2 aliphatic heterocycles. The van der Waals surface area contributed by atoms with Crippen molar-refractivity contribution in [1.29, 1.82) is 0 Å². The third-order valence-electron chi connectivity index (χ3n) is 6.57. The average molecular weight is 413 g/mol. The third-order valence-corrected chi connectivity index (χ3v) is 6.91. The Kier molecular flexibility index (Phi) is 4.62. The number of benzene rings is 2. The van der Waals surface area contributed by atoms with Crippen molar-refractivity contribution in [2.75, 3.05) is 25.1 Å². The maximum Gasteiger partial charge on any atom is 0.173 e. The van der Waals surface area contributed by atoms with Gasteiger partial charge in [0.15, 0.2) is 16.6 Å². The highest BCUT2D eigenvalue weighted by Gasteiger charge is 2.45. The van der Waals surface area contributed by atoms with Gasteiger partial charge in [-0.15, -0.1) is 0 Å². The maximum atomic E-state index is 13.6. The summed E-state index contributed by atoms with van der Waals surface area (Å²) in [7, 11) is 0. The highest BCUT2D eigenvalue weighted by Crippen LogP contribution is 2.52. The molecule has 5 rings (SSSR count). The van der Waals surface area contributed by atoms with E-state index in [0.717, 1.165) is 30.9 Å². The fourth-order valence-electron chi connectivity index (χ4n) is 5.11. The number of anilines is 1. The van der Waals surface area contributed by atoms with E-state index in [1.54, 1.807) is 6.07 Å². The molecule has 1 aliphatic carbocycles. The molecule has 1 N–H and O–H groups in total.